The van der Waals surface area contributed by atoms with Crippen LogP contribution in [0.4, 0.5) is 5.69 Å². The molecule has 0 atom stereocenters. The molecule has 3 aromatic rings. The Labute approximate surface area is 196 Å². The molecule has 3 aromatic carbocycles. The van der Waals surface area contributed by atoms with Crippen LogP contribution in [0.25, 0.3) is 0 Å². The average molecular weight is 457 g/mol. The van der Waals surface area contributed by atoms with Crippen LogP contribution in [0.1, 0.15) is 42.2 Å². The number of benzene rings is 3. The van der Waals surface area contributed by atoms with Gasteiger partial charge in [-0.05, 0) is 47.5 Å². The molecular formula is C26H23N3O5. The molecule has 5 N–H and O–H groups in total. The van der Waals surface area contributed by atoms with Gasteiger partial charge in [-0.15, -0.1) is 6.42 Å². The summed E-state index contributed by atoms with van der Waals surface area (Å²) >= 11 is 0. The first-order chi connectivity index (χ1) is 16.4. The van der Waals surface area contributed by atoms with Crippen molar-refractivity contribution < 1.29 is 24.2 Å². The first-order valence-corrected chi connectivity index (χ1v) is 10.3. The topological polar surface area (TPSA) is 131 Å². The summed E-state index contributed by atoms with van der Waals surface area (Å²) in [6.07, 6.45) is 5.17. The van der Waals surface area contributed by atoms with Crippen LogP contribution in [-0.4, -0.2) is 29.5 Å². The van der Waals surface area contributed by atoms with Crippen LogP contribution < -0.4 is 21.1 Å². The molecule has 172 valence electrons. The third kappa shape index (κ3) is 6.45. The van der Waals surface area contributed by atoms with Crippen LogP contribution in [0.5, 0.6) is 5.75 Å². The fourth-order valence-corrected chi connectivity index (χ4v) is 3.06. The third-order valence-corrected chi connectivity index (χ3v) is 4.85. The number of carboxylic acids is 1. The van der Waals surface area contributed by atoms with Gasteiger partial charge in [-0.1, -0.05) is 30.2 Å². The smallest absolute Gasteiger partial charge is 0.335 e. The first kappa shape index (κ1) is 24.0. The van der Waals surface area contributed by atoms with Crippen molar-refractivity contribution in [3.8, 4) is 18.1 Å². The maximum atomic E-state index is 12.6. The van der Waals surface area contributed by atoms with E-state index < -0.39 is 11.9 Å². The minimum atomic E-state index is -1.16. The van der Waals surface area contributed by atoms with Crippen molar-refractivity contribution in [3.05, 3.63) is 94.5 Å². The quantitative estimate of drug-likeness (QED) is 0.365. The van der Waals surface area contributed by atoms with Crippen molar-refractivity contribution in [1.29, 1.82) is 0 Å². The fraction of sp³-hybridized carbons (Fsp3) is 0.115. The SMILES string of the molecule is C#CCOc1cc(NC(=O)c2ccc(CNC(=O)c3ccc(CN)cc3)cc2)cc(C(=O)O)c1. The maximum absolute atomic E-state index is 12.6. The lowest BCUT2D eigenvalue weighted by Gasteiger charge is -2.10. The van der Waals surface area contributed by atoms with Gasteiger partial charge >= 0.3 is 5.97 Å². The van der Waals surface area contributed by atoms with E-state index in [1.54, 1.807) is 48.5 Å². The summed E-state index contributed by atoms with van der Waals surface area (Å²) < 4.78 is 5.29. The van der Waals surface area contributed by atoms with Crippen LogP contribution in [0.3, 0.4) is 0 Å². The van der Waals surface area contributed by atoms with Gasteiger partial charge in [0.2, 0.25) is 0 Å². The van der Waals surface area contributed by atoms with Crippen molar-refractivity contribution in [2.24, 2.45) is 5.73 Å². The minimum Gasteiger partial charge on any atom is -0.481 e. The number of ether oxygens (including phenoxy) is 1. The molecule has 0 aliphatic heterocycles. The zero-order valence-electron chi connectivity index (χ0n) is 18.2. The van der Waals surface area contributed by atoms with E-state index in [2.05, 4.69) is 16.6 Å². The van der Waals surface area contributed by atoms with E-state index >= 15 is 0 Å². The van der Waals surface area contributed by atoms with Crippen LogP contribution in [0.15, 0.2) is 66.7 Å². The highest BCUT2D eigenvalue weighted by atomic mass is 16.5. The molecule has 0 spiro atoms. The summed E-state index contributed by atoms with van der Waals surface area (Å²) in [7, 11) is 0. The number of carbonyl (C=O) groups is 3. The highest BCUT2D eigenvalue weighted by molar-refractivity contribution is 6.05. The van der Waals surface area contributed by atoms with Gasteiger partial charge in [-0.2, -0.15) is 0 Å². The van der Waals surface area contributed by atoms with Crippen molar-refractivity contribution in [3.63, 3.8) is 0 Å². The standard InChI is InChI=1S/C26H23N3O5/c1-2-11-34-23-13-21(26(32)33)12-22(14-23)29-25(31)20-9-5-18(6-10-20)16-28-24(30)19-7-3-17(15-27)4-8-19/h1,3-10,12-14H,11,15-16,27H2,(H,28,30)(H,29,31)(H,32,33). The van der Waals surface area contributed by atoms with Gasteiger partial charge in [0.25, 0.3) is 11.8 Å². The van der Waals surface area contributed by atoms with E-state index in [1.807, 2.05) is 0 Å². The number of hydrogen-bond donors (Lipinski definition) is 4. The Balaban J connectivity index is 1.62. The van der Waals surface area contributed by atoms with E-state index in [0.29, 0.717) is 17.7 Å². The van der Waals surface area contributed by atoms with E-state index in [4.69, 9.17) is 16.9 Å². The van der Waals surface area contributed by atoms with Crippen molar-refractivity contribution in [1.82, 2.24) is 5.32 Å². The summed E-state index contributed by atoms with van der Waals surface area (Å²) in [4.78, 5) is 36.3. The molecular weight excluding hydrogens is 434 g/mol. The molecule has 0 radical (unpaired) electrons. The maximum Gasteiger partial charge on any atom is 0.335 e. The second-order valence-electron chi connectivity index (χ2n) is 7.28. The highest BCUT2D eigenvalue weighted by Crippen LogP contribution is 2.22. The van der Waals surface area contributed by atoms with Crippen LogP contribution in [0, 0.1) is 12.3 Å². The lowest BCUT2D eigenvalue weighted by molar-refractivity contribution is 0.0695. The van der Waals surface area contributed by atoms with Gasteiger partial charge in [0.05, 0.1) is 5.56 Å². The Bertz CT molecular complexity index is 1230. The number of amides is 2. The summed E-state index contributed by atoms with van der Waals surface area (Å²) in [5.41, 5.74) is 8.41. The molecule has 2 amide bonds. The van der Waals surface area contributed by atoms with Gasteiger partial charge in [0.15, 0.2) is 0 Å². The normalized spacial score (nSPS) is 10.1. The van der Waals surface area contributed by atoms with Crippen molar-refractivity contribution in [2.75, 3.05) is 11.9 Å². The third-order valence-electron chi connectivity index (χ3n) is 4.85. The molecule has 0 bridgehead atoms. The molecule has 0 aliphatic carbocycles. The number of nitrogens with one attached hydrogen (secondary N) is 2. The summed E-state index contributed by atoms with van der Waals surface area (Å²) in [5, 5.41) is 14.8. The molecule has 0 unspecified atom stereocenters. The van der Waals surface area contributed by atoms with E-state index in [9.17, 15) is 19.5 Å². The number of carboxylic acid groups (broad SMARTS) is 1. The summed E-state index contributed by atoms with van der Waals surface area (Å²) in [6.45, 7) is 0.664. The van der Waals surface area contributed by atoms with Gasteiger partial charge in [0.1, 0.15) is 12.4 Å². The van der Waals surface area contributed by atoms with Crippen LogP contribution in [-0.2, 0) is 13.1 Å². The molecule has 0 saturated heterocycles. The predicted molar refractivity (Wildman–Crippen MR) is 128 cm³/mol. The van der Waals surface area contributed by atoms with E-state index in [-0.39, 0.29) is 36.1 Å². The molecule has 0 saturated carbocycles. The van der Waals surface area contributed by atoms with E-state index in [1.165, 1.54) is 18.2 Å². The number of nitrogens with two attached hydrogens (primary N) is 1. The molecule has 34 heavy (non-hydrogen) atoms. The Hall–Kier alpha value is -4.61. The lowest BCUT2D eigenvalue weighted by Crippen LogP contribution is -2.22. The zero-order chi connectivity index (χ0) is 24.5. The Kier molecular flexibility index (Phi) is 8.00. The Morgan fingerprint density at radius 2 is 1.50 bits per heavy atom. The molecule has 3 rings (SSSR count). The minimum absolute atomic E-state index is 0.0343. The number of terminal acetylenes is 1. The van der Waals surface area contributed by atoms with Crippen LogP contribution >= 0.6 is 0 Å². The molecule has 0 heterocycles. The van der Waals surface area contributed by atoms with Crippen LogP contribution in [0.2, 0.25) is 0 Å². The predicted octanol–water partition coefficient (Wildman–Crippen LogP) is 3.04. The average Bonchev–Trinajstić information content (AvgIpc) is 2.86. The number of carbonyl (C=O) groups excluding carboxylic acids is 2. The lowest BCUT2D eigenvalue weighted by atomic mass is 10.1. The number of aromatic carboxylic acids is 1. The molecule has 8 nitrogen and oxygen atoms in total. The largest absolute Gasteiger partial charge is 0.481 e. The fourth-order valence-electron chi connectivity index (χ4n) is 3.06. The second kappa shape index (κ2) is 11.3. The first-order valence-electron chi connectivity index (χ1n) is 10.3. The second-order valence-corrected chi connectivity index (χ2v) is 7.28. The number of rotatable bonds is 9. The molecule has 8 heteroatoms. The molecule has 0 fully saturated rings. The number of anilines is 1. The Morgan fingerprint density at radius 1 is 0.882 bits per heavy atom. The summed E-state index contributed by atoms with van der Waals surface area (Å²) in [6, 6.07) is 17.9. The van der Waals surface area contributed by atoms with Crippen molar-refractivity contribution >= 4 is 23.5 Å². The van der Waals surface area contributed by atoms with Gasteiger partial charge < -0.3 is 26.2 Å². The van der Waals surface area contributed by atoms with Gasteiger partial charge in [-0.3, -0.25) is 9.59 Å². The number of hydrogen-bond acceptors (Lipinski definition) is 5. The monoisotopic (exact) mass is 457 g/mol. The highest BCUT2D eigenvalue weighted by Gasteiger charge is 2.12. The molecule has 0 aromatic heterocycles. The summed E-state index contributed by atoms with van der Waals surface area (Å²) in [5.74, 6) is 0.723. The van der Waals surface area contributed by atoms with Crippen molar-refractivity contribution in [2.45, 2.75) is 13.1 Å². The van der Waals surface area contributed by atoms with E-state index in [0.717, 1.165) is 11.1 Å². The van der Waals surface area contributed by atoms with Gasteiger partial charge in [0, 0.05) is 36.0 Å². The Morgan fingerprint density at radius 3 is 2.09 bits per heavy atom. The molecule has 0 aliphatic rings. The van der Waals surface area contributed by atoms with Gasteiger partial charge in [-0.25, -0.2) is 4.79 Å². The zero-order valence-corrected chi connectivity index (χ0v) is 18.2.